The third-order valence-corrected chi connectivity index (χ3v) is 5.30. The number of hydrogen-bond acceptors (Lipinski definition) is 5. The zero-order chi connectivity index (χ0) is 15.8. The van der Waals surface area contributed by atoms with Crippen molar-refractivity contribution >= 4 is 10.0 Å². The first-order valence-corrected chi connectivity index (χ1v) is 8.48. The summed E-state index contributed by atoms with van der Waals surface area (Å²) in [6.45, 7) is 8.63. The van der Waals surface area contributed by atoms with Gasteiger partial charge in [0.25, 0.3) is 10.0 Å². The van der Waals surface area contributed by atoms with E-state index in [0.717, 1.165) is 5.69 Å². The van der Waals surface area contributed by atoms with Crippen LogP contribution in [0.15, 0.2) is 5.03 Å². The molecular formula is C13H24N4O3S. The van der Waals surface area contributed by atoms with Gasteiger partial charge in [-0.15, -0.1) is 0 Å². The lowest BCUT2D eigenvalue weighted by Crippen LogP contribution is -2.53. The van der Waals surface area contributed by atoms with Crippen LogP contribution in [0.2, 0.25) is 0 Å². The number of ether oxygens (including phenoxy) is 1. The molecule has 1 unspecified atom stereocenters. The summed E-state index contributed by atoms with van der Waals surface area (Å²) in [5.41, 5.74) is 0.956. The molecule has 1 atom stereocenters. The lowest BCUT2D eigenvalue weighted by Gasteiger charge is -2.40. The molecule has 1 aromatic heterocycles. The van der Waals surface area contributed by atoms with Gasteiger partial charge in [-0.05, 0) is 34.7 Å². The molecule has 1 saturated heterocycles. The molecule has 120 valence electrons. The molecule has 21 heavy (non-hydrogen) atoms. The van der Waals surface area contributed by atoms with E-state index in [9.17, 15) is 8.42 Å². The second kappa shape index (κ2) is 5.68. The van der Waals surface area contributed by atoms with Crippen molar-refractivity contribution in [1.82, 2.24) is 19.8 Å². The summed E-state index contributed by atoms with van der Waals surface area (Å²) in [5, 5.41) is 9.88. The van der Waals surface area contributed by atoms with Gasteiger partial charge in [0, 0.05) is 30.9 Å². The summed E-state index contributed by atoms with van der Waals surface area (Å²) in [6.07, 6.45) is -0.142. The quantitative estimate of drug-likeness (QED) is 0.850. The topological polar surface area (TPSA) is 87.3 Å². The van der Waals surface area contributed by atoms with Crippen LogP contribution in [0.4, 0.5) is 0 Å². The Kier molecular flexibility index (Phi) is 4.44. The lowest BCUT2D eigenvalue weighted by atomic mass is 10.1. The highest BCUT2D eigenvalue weighted by Crippen LogP contribution is 2.27. The standard InChI is InChI=1S/C13H24N4O3S/c1-9-7-17(8-13(3,4)20-9)21(18,19)12-11(6-14-5)10(2)15-16-12/h9,14H,6-8H2,1-5H3,(H,15,16). The molecule has 0 saturated carbocycles. The second-order valence-corrected chi connectivity index (χ2v) is 8.00. The second-order valence-electron chi connectivity index (χ2n) is 6.15. The average Bonchev–Trinajstić information content (AvgIpc) is 2.70. The van der Waals surface area contributed by atoms with Crippen molar-refractivity contribution in [2.75, 3.05) is 20.1 Å². The van der Waals surface area contributed by atoms with Crippen molar-refractivity contribution in [2.45, 2.75) is 51.0 Å². The number of nitrogens with zero attached hydrogens (tertiary/aromatic N) is 2. The van der Waals surface area contributed by atoms with Crippen molar-refractivity contribution in [3.63, 3.8) is 0 Å². The van der Waals surface area contributed by atoms with Crippen LogP contribution in [0.25, 0.3) is 0 Å². The van der Waals surface area contributed by atoms with Crippen LogP contribution in [0.3, 0.4) is 0 Å². The summed E-state index contributed by atoms with van der Waals surface area (Å²) in [7, 11) is -1.85. The Bertz CT molecular complexity index is 609. The summed E-state index contributed by atoms with van der Waals surface area (Å²) >= 11 is 0. The highest BCUT2D eigenvalue weighted by molar-refractivity contribution is 7.89. The van der Waals surface area contributed by atoms with E-state index in [1.807, 2.05) is 27.7 Å². The van der Waals surface area contributed by atoms with E-state index in [1.54, 1.807) is 7.05 Å². The molecule has 8 heteroatoms. The van der Waals surface area contributed by atoms with Gasteiger partial charge in [-0.25, -0.2) is 8.42 Å². The van der Waals surface area contributed by atoms with Crippen LogP contribution in [-0.2, 0) is 21.3 Å². The van der Waals surface area contributed by atoms with Crippen LogP contribution in [0.5, 0.6) is 0 Å². The molecule has 2 N–H and O–H groups in total. The van der Waals surface area contributed by atoms with Gasteiger partial charge in [0.1, 0.15) is 0 Å². The Morgan fingerprint density at radius 1 is 1.52 bits per heavy atom. The van der Waals surface area contributed by atoms with Crippen molar-refractivity contribution < 1.29 is 13.2 Å². The Hall–Kier alpha value is -0.960. The van der Waals surface area contributed by atoms with Crippen molar-refractivity contribution in [2.24, 2.45) is 0 Å². The van der Waals surface area contributed by atoms with E-state index >= 15 is 0 Å². The van der Waals surface area contributed by atoms with Gasteiger partial charge in [-0.3, -0.25) is 5.10 Å². The number of rotatable bonds is 4. The number of nitrogens with one attached hydrogen (secondary N) is 2. The van der Waals surface area contributed by atoms with Crippen LogP contribution < -0.4 is 5.32 Å². The van der Waals surface area contributed by atoms with Gasteiger partial charge < -0.3 is 10.1 Å². The van der Waals surface area contributed by atoms with E-state index in [-0.39, 0.29) is 11.1 Å². The summed E-state index contributed by atoms with van der Waals surface area (Å²) in [5.74, 6) is 0. The first kappa shape index (κ1) is 16.4. The number of aromatic nitrogens is 2. The predicted octanol–water partition coefficient (Wildman–Crippen LogP) is 0.626. The maximum Gasteiger partial charge on any atom is 0.262 e. The Morgan fingerprint density at radius 3 is 2.76 bits per heavy atom. The molecule has 0 aromatic carbocycles. The molecule has 0 amide bonds. The Labute approximate surface area is 126 Å². The zero-order valence-corrected chi connectivity index (χ0v) is 14.0. The van der Waals surface area contributed by atoms with Gasteiger partial charge in [0.05, 0.1) is 11.7 Å². The van der Waals surface area contributed by atoms with Gasteiger partial charge in [-0.2, -0.15) is 9.40 Å². The fraction of sp³-hybridized carbons (Fsp3) is 0.769. The molecule has 1 fully saturated rings. The Balaban J connectivity index is 2.38. The molecule has 1 aromatic rings. The zero-order valence-electron chi connectivity index (χ0n) is 13.2. The van der Waals surface area contributed by atoms with Gasteiger partial charge >= 0.3 is 0 Å². The van der Waals surface area contributed by atoms with Crippen molar-refractivity contribution in [3.8, 4) is 0 Å². The summed E-state index contributed by atoms with van der Waals surface area (Å²) < 4.78 is 33.0. The van der Waals surface area contributed by atoms with Crippen molar-refractivity contribution in [1.29, 1.82) is 0 Å². The predicted molar refractivity (Wildman–Crippen MR) is 79.5 cm³/mol. The van der Waals surface area contributed by atoms with E-state index in [2.05, 4.69) is 15.5 Å². The Morgan fingerprint density at radius 2 is 2.19 bits per heavy atom. The normalized spacial score (nSPS) is 23.4. The van der Waals surface area contributed by atoms with Crippen LogP contribution in [0, 0.1) is 6.92 Å². The molecule has 2 rings (SSSR count). The number of aromatic amines is 1. The van der Waals surface area contributed by atoms with Crippen LogP contribution in [-0.4, -0.2) is 54.8 Å². The molecule has 1 aliphatic heterocycles. The fourth-order valence-electron chi connectivity index (χ4n) is 2.73. The van der Waals surface area contributed by atoms with Gasteiger partial charge in [0.15, 0.2) is 5.03 Å². The SMILES string of the molecule is CNCc1c(S(=O)(=O)N2CC(C)OC(C)(C)C2)n[nH]c1C. The number of aryl methyl sites for hydroxylation is 1. The molecule has 0 aliphatic carbocycles. The number of hydrogen-bond donors (Lipinski definition) is 2. The molecule has 7 nitrogen and oxygen atoms in total. The third-order valence-electron chi connectivity index (χ3n) is 3.51. The molecular weight excluding hydrogens is 292 g/mol. The van der Waals surface area contributed by atoms with E-state index in [0.29, 0.717) is 25.2 Å². The number of H-pyrrole nitrogens is 1. The maximum atomic E-state index is 12.9. The molecule has 0 radical (unpaired) electrons. The van der Waals surface area contributed by atoms with E-state index in [1.165, 1.54) is 4.31 Å². The largest absolute Gasteiger partial charge is 0.370 e. The molecule has 1 aliphatic rings. The summed E-state index contributed by atoms with van der Waals surface area (Å²) in [4.78, 5) is 0. The smallest absolute Gasteiger partial charge is 0.262 e. The van der Waals surface area contributed by atoms with Gasteiger partial charge in [0.2, 0.25) is 0 Å². The van der Waals surface area contributed by atoms with E-state index < -0.39 is 15.6 Å². The fourth-order valence-corrected chi connectivity index (χ4v) is 4.56. The van der Waals surface area contributed by atoms with Crippen LogP contribution in [0.1, 0.15) is 32.0 Å². The van der Waals surface area contributed by atoms with E-state index in [4.69, 9.17) is 4.74 Å². The minimum Gasteiger partial charge on any atom is -0.370 e. The highest BCUT2D eigenvalue weighted by Gasteiger charge is 2.39. The minimum absolute atomic E-state index is 0.110. The monoisotopic (exact) mass is 316 g/mol. The van der Waals surface area contributed by atoms with Gasteiger partial charge in [-0.1, -0.05) is 0 Å². The molecule has 0 spiro atoms. The van der Waals surface area contributed by atoms with Crippen LogP contribution >= 0.6 is 0 Å². The lowest BCUT2D eigenvalue weighted by molar-refractivity contribution is -0.109. The van der Waals surface area contributed by atoms with Crippen molar-refractivity contribution in [3.05, 3.63) is 11.3 Å². The first-order valence-electron chi connectivity index (χ1n) is 7.04. The molecule has 2 heterocycles. The molecule has 0 bridgehead atoms. The highest BCUT2D eigenvalue weighted by atomic mass is 32.2. The minimum atomic E-state index is -3.63. The number of morpholine rings is 1. The summed E-state index contributed by atoms with van der Waals surface area (Å²) in [6, 6.07) is 0. The maximum absolute atomic E-state index is 12.9. The third kappa shape index (κ3) is 3.28. The first-order chi connectivity index (χ1) is 9.67. The number of sulfonamides is 1. The average molecular weight is 316 g/mol.